The Bertz CT molecular complexity index is 682. The van der Waals surface area contributed by atoms with Crippen LogP contribution in [0.2, 0.25) is 0 Å². The van der Waals surface area contributed by atoms with Gasteiger partial charge in [-0.25, -0.2) is 0 Å². The molecule has 0 saturated carbocycles. The molecule has 0 radical (unpaired) electrons. The molecule has 1 aromatic rings. The molecule has 2 fully saturated rings. The predicted molar refractivity (Wildman–Crippen MR) is 101 cm³/mol. The zero-order valence-corrected chi connectivity index (χ0v) is 15.4. The summed E-state index contributed by atoms with van der Waals surface area (Å²) < 4.78 is 0. The molecule has 2 heterocycles. The zero-order chi connectivity index (χ0) is 17.9. The molecule has 2 N–H and O–H groups in total. The summed E-state index contributed by atoms with van der Waals surface area (Å²) in [6.07, 6.45) is 7.38. The fraction of sp³-hybridized carbons (Fsp3) is 0.619. The van der Waals surface area contributed by atoms with Crippen LogP contribution < -0.4 is 10.6 Å². The Hall–Kier alpha value is -1.88. The van der Waals surface area contributed by atoms with Crippen LogP contribution in [0, 0.1) is 5.92 Å². The van der Waals surface area contributed by atoms with Crippen molar-refractivity contribution in [3.8, 4) is 0 Å². The van der Waals surface area contributed by atoms with E-state index in [9.17, 15) is 9.59 Å². The van der Waals surface area contributed by atoms with Crippen LogP contribution in [0.15, 0.2) is 18.2 Å². The number of hydrogen-bond donors (Lipinski definition) is 2. The highest BCUT2D eigenvalue weighted by atomic mass is 16.2. The van der Waals surface area contributed by atoms with Crippen LogP contribution in [0.4, 0.5) is 0 Å². The monoisotopic (exact) mass is 355 g/mol. The molecule has 26 heavy (non-hydrogen) atoms. The summed E-state index contributed by atoms with van der Waals surface area (Å²) in [5.41, 5.74) is 3.51. The highest BCUT2D eigenvalue weighted by Crippen LogP contribution is 2.27. The minimum Gasteiger partial charge on any atom is -0.354 e. The van der Waals surface area contributed by atoms with E-state index in [0.29, 0.717) is 12.5 Å². The molecule has 2 atom stereocenters. The molecule has 1 aromatic carbocycles. The molecular formula is C21H29N3O2. The van der Waals surface area contributed by atoms with E-state index in [-0.39, 0.29) is 17.9 Å². The molecule has 140 valence electrons. The maximum absolute atomic E-state index is 13.1. The second kappa shape index (κ2) is 7.78. The van der Waals surface area contributed by atoms with Gasteiger partial charge in [0.2, 0.25) is 5.91 Å². The average Bonchev–Trinajstić information content (AvgIpc) is 3.37. The van der Waals surface area contributed by atoms with Crippen LogP contribution in [0.3, 0.4) is 0 Å². The first-order valence-electron chi connectivity index (χ1n) is 10.1. The lowest BCUT2D eigenvalue weighted by atomic mass is 9.96. The van der Waals surface area contributed by atoms with Gasteiger partial charge < -0.3 is 15.5 Å². The van der Waals surface area contributed by atoms with Crippen molar-refractivity contribution in [1.29, 1.82) is 0 Å². The van der Waals surface area contributed by atoms with E-state index in [2.05, 4.69) is 16.7 Å². The van der Waals surface area contributed by atoms with Crippen LogP contribution in [0.25, 0.3) is 0 Å². The number of rotatable bonds is 4. The summed E-state index contributed by atoms with van der Waals surface area (Å²) in [6.45, 7) is 3.19. The Morgan fingerprint density at radius 1 is 1.15 bits per heavy atom. The van der Waals surface area contributed by atoms with Crippen molar-refractivity contribution in [3.05, 3.63) is 34.9 Å². The molecule has 0 bridgehead atoms. The van der Waals surface area contributed by atoms with Crippen molar-refractivity contribution >= 4 is 11.8 Å². The standard InChI is InChI=1S/C21H29N3O2/c25-20(19-10-3-11-22-19)23-13-15-5-4-12-24(14-15)21(26)18-9-2-7-16-6-1-8-17(16)18/h2,7,9,15,19,22H,1,3-6,8,10-14H2,(H,23,25). The van der Waals surface area contributed by atoms with Gasteiger partial charge >= 0.3 is 0 Å². The molecule has 2 aliphatic heterocycles. The van der Waals surface area contributed by atoms with Gasteiger partial charge in [0.25, 0.3) is 5.91 Å². The Morgan fingerprint density at radius 2 is 2.08 bits per heavy atom. The SMILES string of the molecule is O=C(NCC1CCCN(C(=O)c2cccc3c2CCC3)C1)C1CCCN1. The number of piperidine rings is 1. The van der Waals surface area contributed by atoms with Crippen LogP contribution in [0.5, 0.6) is 0 Å². The first kappa shape index (κ1) is 17.5. The van der Waals surface area contributed by atoms with Gasteiger partial charge in [0.1, 0.15) is 0 Å². The van der Waals surface area contributed by atoms with Crippen molar-refractivity contribution < 1.29 is 9.59 Å². The van der Waals surface area contributed by atoms with Crippen LogP contribution in [0.1, 0.15) is 53.6 Å². The van der Waals surface area contributed by atoms with Gasteiger partial charge in [-0.15, -0.1) is 0 Å². The summed E-state index contributed by atoms with van der Waals surface area (Å²) in [7, 11) is 0. The lowest BCUT2D eigenvalue weighted by molar-refractivity contribution is -0.123. The lowest BCUT2D eigenvalue weighted by Crippen LogP contribution is -2.46. The van der Waals surface area contributed by atoms with Crippen LogP contribution in [-0.2, 0) is 17.6 Å². The second-order valence-electron chi connectivity index (χ2n) is 7.95. The maximum atomic E-state index is 13.1. The molecule has 4 rings (SSSR count). The van der Waals surface area contributed by atoms with E-state index in [0.717, 1.165) is 70.1 Å². The number of likely N-dealkylation sites (tertiary alicyclic amines) is 1. The first-order chi connectivity index (χ1) is 12.7. The number of fused-ring (bicyclic) bond motifs is 1. The summed E-state index contributed by atoms with van der Waals surface area (Å²) in [4.78, 5) is 27.3. The van der Waals surface area contributed by atoms with E-state index in [1.165, 1.54) is 11.1 Å². The smallest absolute Gasteiger partial charge is 0.254 e. The minimum absolute atomic E-state index is 0.0248. The number of carbonyl (C=O) groups is 2. The number of nitrogens with one attached hydrogen (secondary N) is 2. The maximum Gasteiger partial charge on any atom is 0.254 e. The van der Waals surface area contributed by atoms with Gasteiger partial charge in [-0.2, -0.15) is 0 Å². The number of benzene rings is 1. The molecule has 2 unspecified atom stereocenters. The largest absolute Gasteiger partial charge is 0.354 e. The summed E-state index contributed by atoms with van der Waals surface area (Å²) >= 11 is 0. The fourth-order valence-corrected chi connectivity index (χ4v) is 4.68. The quantitative estimate of drug-likeness (QED) is 0.867. The zero-order valence-electron chi connectivity index (χ0n) is 15.4. The van der Waals surface area contributed by atoms with Gasteiger partial charge in [0, 0.05) is 25.2 Å². The van der Waals surface area contributed by atoms with E-state index >= 15 is 0 Å². The Morgan fingerprint density at radius 3 is 2.92 bits per heavy atom. The molecule has 1 aliphatic carbocycles. The Labute approximate surface area is 155 Å². The predicted octanol–water partition coefficient (Wildman–Crippen LogP) is 1.90. The summed E-state index contributed by atoms with van der Waals surface area (Å²) in [5, 5.41) is 6.34. The number of nitrogens with zero attached hydrogens (tertiary/aromatic N) is 1. The Balaban J connectivity index is 1.35. The highest BCUT2D eigenvalue weighted by Gasteiger charge is 2.28. The van der Waals surface area contributed by atoms with E-state index in [1.807, 2.05) is 17.0 Å². The molecule has 3 aliphatic rings. The Kier molecular flexibility index (Phi) is 5.25. The molecule has 2 saturated heterocycles. The van der Waals surface area contributed by atoms with Crippen molar-refractivity contribution in [2.24, 2.45) is 5.92 Å². The second-order valence-corrected chi connectivity index (χ2v) is 7.95. The minimum atomic E-state index is -0.0248. The van der Waals surface area contributed by atoms with Gasteiger partial charge in [-0.05, 0) is 74.6 Å². The topological polar surface area (TPSA) is 61.4 Å². The number of amides is 2. The summed E-state index contributed by atoms with van der Waals surface area (Å²) in [6, 6.07) is 6.14. The molecule has 0 spiro atoms. The van der Waals surface area contributed by atoms with Crippen molar-refractivity contribution in [3.63, 3.8) is 0 Å². The van der Waals surface area contributed by atoms with Gasteiger partial charge in [-0.3, -0.25) is 9.59 Å². The third kappa shape index (κ3) is 3.63. The first-order valence-corrected chi connectivity index (χ1v) is 10.1. The van der Waals surface area contributed by atoms with E-state index < -0.39 is 0 Å². The van der Waals surface area contributed by atoms with Crippen molar-refractivity contribution in [2.45, 2.75) is 51.0 Å². The third-order valence-corrected chi connectivity index (χ3v) is 6.12. The fourth-order valence-electron chi connectivity index (χ4n) is 4.68. The van der Waals surface area contributed by atoms with Gasteiger partial charge in [0.05, 0.1) is 6.04 Å². The highest BCUT2D eigenvalue weighted by molar-refractivity contribution is 5.96. The lowest BCUT2D eigenvalue weighted by Gasteiger charge is -2.33. The third-order valence-electron chi connectivity index (χ3n) is 6.12. The number of carbonyl (C=O) groups excluding carboxylic acids is 2. The van der Waals surface area contributed by atoms with E-state index in [4.69, 9.17) is 0 Å². The molecular weight excluding hydrogens is 326 g/mol. The average molecular weight is 355 g/mol. The van der Waals surface area contributed by atoms with Gasteiger partial charge in [-0.1, -0.05) is 12.1 Å². The molecule has 2 amide bonds. The van der Waals surface area contributed by atoms with Crippen molar-refractivity contribution in [1.82, 2.24) is 15.5 Å². The molecule has 5 nitrogen and oxygen atoms in total. The molecule has 0 aromatic heterocycles. The van der Waals surface area contributed by atoms with Gasteiger partial charge in [0.15, 0.2) is 0 Å². The van der Waals surface area contributed by atoms with Crippen molar-refractivity contribution in [2.75, 3.05) is 26.2 Å². The van der Waals surface area contributed by atoms with Crippen LogP contribution >= 0.6 is 0 Å². The number of hydrogen-bond acceptors (Lipinski definition) is 3. The van der Waals surface area contributed by atoms with Crippen LogP contribution in [-0.4, -0.2) is 48.9 Å². The summed E-state index contributed by atoms with van der Waals surface area (Å²) in [5.74, 6) is 0.652. The number of aryl methyl sites for hydroxylation is 1. The molecule has 5 heteroatoms. The van der Waals surface area contributed by atoms with E-state index in [1.54, 1.807) is 0 Å². The normalized spacial score (nSPS) is 25.2.